The number of nitrogens with two attached hydrogens (primary N) is 1. The number of urea groups is 1. The molecule has 0 radical (unpaired) electrons. The van der Waals surface area contributed by atoms with Gasteiger partial charge in [0.1, 0.15) is 0 Å². The summed E-state index contributed by atoms with van der Waals surface area (Å²) in [7, 11) is 0. The van der Waals surface area contributed by atoms with Gasteiger partial charge in [0.25, 0.3) is 0 Å². The Kier molecular flexibility index (Phi) is 2.14. The summed E-state index contributed by atoms with van der Waals surface area (Å²) in [4.78, 5) is 22.2. The van der Waals surface area contributed by atoms with E-state index in [1.165, 1.54) is 18.4 Å². The molecule has 0 saturated carbocycles. The van der Waals surface area contributed by atoms with Crippen molar-refractivity contribution in [1.29, 1.82) is 0 Å². The zero-order chi connectivity index (χ0) is 9.14. The molecular formula is C7H8N2O3. The van der Waals surface area contributed by atoms with Gasteiger partial charge >= 0.3 is 12.0 Å². The smallest absolute Gasteiger partial charge is 0.333 e. The van der Waals surface area contributed by atoms with E-state index in [1.807, 2.05) is 0 Å². The van der Waals surface area contributed by atoms with Gasteiger partial charge in [0, 0.05) is 6.20 Å². The van der Waals surface area contributed by atoms with E-state index in [0.717, 1.165) is 4.90 Å². The number of carboxylic acid groups (broad SMARTS) is 1. The molecule has 5 heteroatoms. The first kappa shape index (κ1) is 8.32. The van der Waals surface area contributed by atoms with Crippen LogP contribution in [-0.2, 0) is 4.79 Å². The van der Waals surface area contributed by atoms with Crippen LogP contribution in [0.1, 0.15) is 0 Å². The number of carbonyl (C=O) groups is 2. The van der Waals surface area contributed by atoms with Crippen molar-refractivity contribution in [2.45, 2.75) is 0 Å². The van der Waals surface area contributed by atoms with E-state index in [1.54, 1.807) is 0 Å². The lowest BCUT2D eigenvalue weighted by Crippen LogP contribution is -2.35. The molecular weight excluding hydrogens is 160 g/mol. The first-order valence-electron chi connectivity index (χ1n) is 3.28. The summed E-state index contributed by atoms with van der Waals surface area (Å²) < 4.78 is 0. The first-order chi connectivity index (χ1) is 5.61. The maximum Gasteiger partial charge on any atom is 0.333 e. The zero-order valence-corrected chi connectivity index (χ0v) is 6.23. The molecule has 0 bridgehead atoms. The van der Waals surface area contributed by atoms with Crippen LogP contribution >= 0.6 is 0 Å². The molecule has 1 aliphatic heterocycles. The Morgan fingerprint density at radius 2 is 2.25 bits per heavy atom. The SMILES string of the molecule is NC(=O)N1C=CC=C(C(=O)O)C1. The van der Waals surface area contributed by atoms with Crippen LogP contribution in [-0.4, -0.2) is 28.6 Å². The zero-order valence-electron chi connectivity index (χ0n) is 6.23. The van der Waals surface area contributed by atoms with Crippen LogP contribution < -0.4 is 5.73 Å². The number of carboxylic acids is 1. The van der Waals surface area contributed by atoms with Crippen molar-refractivity contribution < 1.29 is 14.7 Å². The maximum absolute atomic E-state index is 10.6. The van der Waals surface area contributed by atoms with Gasteiger partial charge in [-0.15, -0.1) is 0 Å². The normalized spacial score (nSPS) is 15.7. The van der Waals surface area contributed by atoms with Gasteiger partial charge in [-0.3, -0.25) is 4.90 Å². The number of allylic oxidation sites excluding steroid dienone is 2. The van der Waals surface area contributed by atoms with E-state index in [9.17, 15) is 9.59 Å². The standard InChI is InChI=1S/C7H8N2O3/c8-7(12)9-3-1-2-5(4-9)6(10)11/h1-3H,4H2,(H2,8,12)(H,10,11). The molecule has 0 spiro atoms. The second-order valence-electron chi connectivity index (χ2n) is 2.30. The van der Waals surface area contributed by atoms with Gasteiger partial charge in [0.05, 0.1) is 12.1 Å². The molecule has 12 heavy (non-hydrogen) atoms. The monoisotopic (exact) mass is 168 g/mol. The lowest BCUT2D eigenvalue weighted by Gasteiger charge is -2.18. The highest BCUT2D eigenvalue weighted by Gasteiger charge is 2.15. The quantitative estimate of drug-likeness (QED) is 0.573. The lowest BCUT2D eigenvalue weighted by atomic mass is 10.2. The highest BCUT2D eigenvalue weighted by molar-refractivity contribution is 5.89. The summed E-state index contributed by atoms with van der Waals surface area (Å²) in [5, 5.41) is 8.56. The Hall–Kier alpha value is -1.78. The molecule has 0 aliphatic carbocycles. The second kappa shape index (κ2) is 3.08. The van der Waals surface area contributed by atoms with Gasteiger partial charge in [-0.05, 0) is 12.2 Å². The van der Waals surface area contributed by atoms with Gasteiger partial charge in [0.2, 0.25) is 0 Å². The van der Waals surface area contributed by atoms with Crippen LogP contribution in [0, 0.1) is 0 Å². The van der Waals surface area contributed by atoms with Crippen LogP contribution in [0.4, 0.5) is 4.79 Å². The number of rotatable bonds is 1. The topological polar surface area (TPSA) is 83.6 Å². The Labute approximate surface area is 68.8 Å². The van der Waals surface area contributed by atoms with Crippen LogP contribution in [0.3, 0.4) is 0 Å². The van der Waals surface area contributed by atoms with E-state index in [2.05, 4.69) is 0 Å². The van der Waals surface area contributed by atoms with Crippen LogP contribution in [0.5, 0.6) is 0 Å². The predicted octanol–water partition coefficient (Wildman–Crippen LogP) is -0.0946. The number of hydrogen-bond donors (Lipinski definition) is 2. The van der Waals surface area contributed by atoms with Gasteiger partial charge in [-0.2, -0.15) is 0 Å². The summed E-state index contributed by atoms with van der Waals surface area (Å²) in [5.41, 5.74) is 5.09. The molecule has 0 aromatic carbocycles. The van der Waals surface area contributed by atoms with Crippen molar-refractivity contribution in [3.63, 3.8) is 0 Å². The van der Waals surface area contributed by atoms with Crippen LogP contribution in [0.25, 0.3) is 0 Å². The Morgan fingerprint density at radius 1 is 1.58 bits per heavy atom. The third-order valence-corrected chi connectivity index (χ3v) is 1.46. The van der Waals surface area contributed by atoms with E-state index >= 15 is 0 Å². The summed E-state index contributed by atoms with van der Waals surface area (Å²) in [6.45, 7) is 0.0289. The number of hydrogen-bond acceptors (Lipinski definition) is 2. The molecule has 0 fully saturated rings. The number of carbonyl (C=O) groups excluding carboxylic acids is 1. The largest absolute Gasteiger partial charge is 0.478 e. The van der Waals surface area contributed by atoms with Gasteiger partial charge in [-0.1, -0.05) is 0 Å². The van der Waals surface area contributed by atoms with Crippen molar-refractivity contribution in [3.05, 3.63) is 23.9 Å². The average Bonchev–Trinajstić information content (AvgIpc) is 2.04. The van der Waals surface area contributed by atoms with Crippen molar-refractivity contribution >= 4 is 12.0 Å². The minimum absolute atomic E-state index is 0.0289. The van der Waals surface area contributed by atoms with Crippen molar-refractivity contribution in [2.75, 3.05) is 6.54 Å². The molecule has 1 heterocycles. The fourth-order valence-electron chi connectivity index (χ4n) is 0.842. The summed E-state index contributed by atoms with van der Waals surface area (Å²) in [6.07, 6.45) is 4.34. The maximum atomic E-state index is 10.6. The van der Waals surface area contributed by atoms with Gasteiger partial charge < -0.3 is 10.8 Å². The molecule has 3 N–H and O–H groups in total. The Morgan fingerprint density at radius 3 is 2.75 bits per heavy atom. The molecule has 0 aromatic heterocycles. The summed E-state index contributed by atoms with van der Waals surface area (Å²) in [6, 6.07) is -0.655. The molecule has 1 aliphatic rings. The Bertz CT molecular complexity index is 280. The summed E-state index contributed by atoms with van der Waals surface area (Å²) >= 11 is 0. The Balaban J connectivity index is 2.74. The van der Waals surface area contributed by atoms with Gasteiger partial charge in [-0.25, -0.2) is 9.59 Å². The van der Waals surface area contributed by atoms with E-state index in [4.69, 9.17) is 10.8 Å². The number of amides is 2. The predicted molar refractivity (Wildman–Crippen MR) is 41.1 cm³/mol. The third-order valence-electron chi connectivity index (χ3n) is 1.46. The number of aliphatic carboxylic acids is 1. The second-order valence-corrected chi connectivity index (χ2v) is 2.30. The molecule has 64 valence electrons. The van der Waals surface area contributed by atoms with E-state index < -0.39 is 12.0 Å². The molecule has 2 amide bonds. The number of primary amides is 1. The molecule has 0 atom stereocenters. The fraction of sp³-hybridized carbons (Fsp3) is 0.143. The van der Waals surface area contributed by atoms with Crippen molar-refractivity contribution in [2.24, 2.45) is 5.73 Å². The molecule has 1 rings (SSSR count). The lowest BCUT2D eigenvalue weighted by molar-refractivity contribution is -0.132. The highest BCUT2D eigenvalue weighted by Crippen LogP contribution is 2.06. The molecule has 0 aromatic rings. The third kappa shape index (κ3) is 1.63. The average molecular weight is 168 g/mol. The minimum Gasteiger partial charge on any atom is -0.478 e. The minimum atomic E-state index is -1.04. The fourth-order valence-corrected chi connectivity index (χ4v) is 0.842. The van der Waals surface area contributed by atoms with Crippen molar-refractivity contribution in [3.8, 4) is 0 Å². The van der Waals surface area contributed by atoms with Gasteiger partial charge in [0.15, 0.2) is 0 Å². The van der Waals surface area contributed by atoms with E-state index in [-0.39, 0.29) is 12.1 Å². The molecule has 0 saturated heterocycles. The molecule has 0 unspecified atom stereocenters. The van der Waals surface area contributed by atoms with Crippen LogP contribution in [0.15, 0.2) is 23.9 Å². The van der Waals surface area contributed by atoms with Crippen molar-refractivity contribution in [1.82, 2.24) is 4.90 Å². The molecule has 5 nitrogen and oxygen atoms in total. The summed E-state index contributed by atoms with van der Waals surface area (Å²) in [5.74, 6) is -1.04. The van der Waals surface area contributed by atoms with Crippen LogP contribution in [0.2, 0.25) is 0 Å². The first-order valence-corrected chi connectivity index (χ1v) is 3.28. The number of nitrogens with zero attached hydrogens (tertiary/aromatic N) is 1. The highest BCUT2D eigenvalue weighted by atomic mass is 16.4. The van der Waals surface area contributed by atoms with E-state index in [0.29, 0.717) is 0 Å².